The second kappa shape index (κ2) is 6.64. The quantitative estimate of drug-likeness (QED) is 0.759. The molecule has 0 heterocycles. The van der Waals surface area contributed by atoms with Gasteiger partial charge in [-0.1, -0.05) is 18.5 Å². The first kappa shape index (κ1) is 12.3. The van der Waals surface area contributed by atoms with Crippen molar-refractivity contribution in [3.05, 3.63) is 29.0 Å². The van der Waals surface area contributed by atoms with Gasteiger partial charge >= 0.3 is 0 Å². The van der Waals surface area contributed by atoms with Crippen LogP contribution in [0.2, 0.25) is 5.02 Å². The second-order valence-corrected chi connectivity index (χ2v) is 3.63. The summed E-state index contributed by atoms with van der Waals surface area (Å²) in [5.41, 5.74) is 0.681. The highest BCUT2D eigenvalue weighted by Gasteiger charge is 1.98. The van der Waals surface area contributed by atoms with Crippen LogP contribution in [0.15, 0.2) is 18.2 Å². The van der Waals surface area contributed by atoms with Crippen molar-refractivity contribution in [1.82, 2.24) is 0 Å². The fraction of sp³-hybridized carbons (Fsp3) is 0.455. The van der Waals surface area contributed by atoms with Crippen LogP contribution in [0, 0.1) is 5.82 Å². The van der Waals surface area contributed by atoms with Gasteiger partial charge in [0, 0.05) is 23.9 Å². The highest BCUT2D eigenvalue weighted by molar-refractivity contribution is 6.30. The Labute approximate surface area is 94.4 Å². The largest absolute Gasteiger partial charge is 0.383 e. The number of ether oxygens (including phenoxy) is 1. The molecule has 1 aromatic carbocycles. The molecule has 0 saturated carbocycles. The molecule has 15 heavy (non-hydrogen) atoms. The molecular formula is C11H15ClFNO. The number of hydrogen-bond donors (Lipinski definition) is 1. The molecule has 0 aromatic heterocycles. The molecule has 0 amide bonds. The lowest BCUT2D eigenvalue weighted by Gasteiger charge is -2.07. The molecule has 2 nitrogen and oxygen atoms in total. The summed E-state index contributed by atoms with van der Waals surface area (Å²) in [5.74, 6) is -0.334. The molecular weight excluding hydrogens is 217 g/mol. The third-order valence-corrected chi connectivity index (χ3v) is 2.00. The molecule has 0 atom stereocenters. The maximum Gasteiger partial charge on any atom is 0.126 e. The minimum absolute atomic E-state index is 0.334. The zero-order valence-electron chi connectivity index (χ0n) is 8.72. The number of hydrogen-bond acceptors (Lipinski definition) is 2. The van der Waals surface area contributed by atoms with Crippen molar-refractivity contribution in [2.24, 2.45) is 0 Å². The third kappa shape index (κ3) is 5.00. The van der Waals surface area contributed by atoms with Gasteiger partial charge in [0.05, 0.1) is 6.61 Å². The zero-order chi connectivity index (χ0) is 11.1. The van der Waals surface area contributed by atoms with Crippen LogP contribution in [0.5, 0.6) is 0 Å². The van der Waals surface area contributed by atoms with Crippen molar-refractivity contribution in [2.45, 2.75) is 13.3 Å². The zero-order valence-corrected chi connectivity index (χ0v) is 9.48. The Morgan fingerprint density at radius 2 is 2.13 bits per heavy atom. The van der Waals surface area contributed by atoms with Crippen molar-refractivity contribution in [1.29, 1.82) is 0 Å². The van der Waals surface area contributed by atoms with Crippen LogP contribution in [-0.4, -0.2) is 19.8 Å². The first-order valence-corrected chi connectivity index (χ1v) is 5.38. The molecule has 0 unspecified atom stereocenters. The van der Waals surface area contributed by atoms with Gasteiger partial charge in [-0.25, -0.2) is 4.39 Å². The van der Waals surface area contributed by atoms with Gasteiger partial charge in [0.25, 0.3) is 0 Å². The second-order valence-electron chi connectivity index (χ2n) is 3.20. The Morgan fingerprint density at radius 3 is 2.80 bits per heavy atom. The molecule has 0 radical (unpaired) electrons. The molecule has 4 heteroatoms. The van der Waals surface area contributed by atoms with E-state index in [1.807, 2.05) is 0 Å². The van der Waals surface area contributed by atoms with E-state index in [1.165, 1.54) is 12.1 Å². The highest BCUT2D eigenvalue weighted by Crippen LogP contribution is 2.17. The summed E-state index contributed by atoms with van der Waals surface area (Å²) >= 11 is 5.70. The summed E-state index contributed by atoms with van der Waals surface area (Å²) in [6.45, 7) is 4.08. The lowest BCUT2D eigenvalue weighted by Crippen LogP contribution is -2.09. The van der Waals surface area contributed by atoms with Gasteiger partial charge in [0.2, 0.25) is 0 Å². The van der Waals surface area contributed by atoms with E-state index in [-0.39, 0.29) is 5.82 Å². The number of anilines is 1. The van der Waals surface area contributed by atoms with Crippen molar-refractivity contribution < 1.29 is 9.13 Å². The van der Waals surface area contributed by atoms with Crippen LogP contribution in [0.25, 0.3) is 0 Å². The average Bonchev–Trinajstić information content (AvgIpc) is 2.16. The van der Waals surface area contributed by atoms with E-state index < -0.39 is 0 Å². The molecule has 0 fully saturated rings. The summed E-state index contributed by atoms with van der Waals surface area (Å²) in [6.07, 6.45) is 1.01. The first-order chi connectivity index (χ1) is 7.22. The van der Waals surface area contributed by atoms with Crippen LogP contribution < -0.4 is 5.32 Å². The average molecular weight is 232 g/mol. The van der Waals surface area contributed by atoms with Crippen LogP contribution in [0.4, 0.5) is 10.1 Å². The minimum atomic E-state index is -0.334. The van der Waals surface area contributed by atoms with E-state index in [1.54, 1.807) is 6.07 Å². The predicted molar refractivity (Wildman–Crippen MR) is 61.0 cm³/mol. The molecule has 0 bridgehead atoms. The summed E-state index contributed by atoms with van der Waals surface area (Å²) < 4.78 is 18.2. The smallest absolute Gasteiger partial charge is 0.126 e. The van der Waals surface area contributed by atoms with E-state index in [4.69, 9.17) is 16.3 Å². The van der Waals surface area contributed by atoms with Gasteiger partial charge in [0.1, 0.15) is 5.82 Å². The molecule has 1 aromatic rings. The lowest BCUT2D eigenvalue weighted by molar-refractivity contribution is 0.144. The maximum absolute atomic E-state index is 12.9. The molecule has 1 rings (SSSR count). The van der Waals surface area contributed by atoms with E-state index in [0.29, 0.717) is 23.9 Å². The van der Waals surface area contributed by atoms with E-state index in [0.717, 1.165) is 13.0 Å². The Hall–Kier alpha value is -0.800. The molecule has 0 aliphatic carbocycles. The van der Waals surface area contributed by atoms with Crippen molar-refractivity contribution in [3.8, 4) is 0 Å². The normalized spacial score (nSPS) is 10.3. The number of rotatable bonds is 6. The number of halogens is 2. The Balaban J connectivity index is 2.31. The summed E-state index contributed by atoms with van der Waals surface area (Å²) in [5, 5.41) is 3.43. The monoisotopic (exact) mass is 231 g/mol. The van der Waals surface area contributed by atoms with Gasteiger partial charge in [0.15, 0.2) is 0 Å². The van der Waals surface area contributed by atoms with E-state index in [9.17, 15) is 4.39 Å². The van der Waals surface area contributed by atoms with Gasteiger partial charge in [-0.2, -0.15) is 0 Å². The van der Waals surface area contributed by atoms with E-state index in [2.05, 4.69) is 12.2 Å². The first-order valence-electron chi connectivity index (χ1n) is 5.00. The topological polar surface area (TPSA) is 21.3 Å². The number of benzene rings is 1. The lowest BCUT2D eigenvalue weighted by atomic mass is 10.3. The molecule has 84 valence electrons. The summed E-state index contributed by atoms with van der Waals surface area (Å²) in [7, 11) is 0. The Kier molecular flexibility index (Phi) is 5.43. The summed E-state index contributed by atoms with van der Waals surface area (Å²) in [4.78, 5) is 0. The molecule has 0 saturated heterocycles. The Bertz CT molecular complexity index is 286. The standard InChI is InChI=1S/C11H15ClFNO/c1-2-4-15-5-3-14-11-7-9(12)6-10(13)8-11/h6-8,14H,2-5H2,1H3. The van der Waals surface area contributed by atoms with Gasteiger partial charge < -0.3 is 10.1 Å². The van der Waals surface area contributed by atoms with Crippen molar-refractivity contribution in [2.75, 3.05) is 25.1 Å². The van der Waals surface area contributed by atoms with Gasteiger partial charge in [-0.3, -0.25) is 0 Å². The highest BCUT2D eigenvalue weighted by atomic mass is 35.5. The fourth-order valence-electron chi connectivity index (χ4n) is 1.17. The molecule has 1 N–H and O–H groups in total. The molecule has 0 spiro atoms. The van der Waals surface area contributed by atoms with E-state index >= 15 is 0 Å². The van der Waals surface area contributed by atoms with Crippen molar-refractivity contribution >= 4 is 17.3 Å². The SMILES string of the molecule is CCCOCCNc1cc(F)cc(Cl)c1. The van der Waals surface area contributed by atoms with Crippen LogP contribution >= 0.6 is 11.6 Å². The molecule has 0 aliphatic rings. The van der Waals surface area contributed by atoms with Crippen LogP contribution in [0.1, 0.15) is 13.3 Å². The maximum atomic E-state index is 12.9. The van der Waals surface area contributed by atoms with Crippen LogP contribution in [0.3, 0.4) is 0 Å². The predicted octanol–water partition coefficient (Wildman–Crippen LogP) is 3.32. The van der Waals surface area contributed by atoms with Crippen molar-refractivity contribution in [3.63, 3.8) is 0 Å². The minimum Gasteiger partial charge on any atom is -0.383 e. The fourth-order valence-corrected chi connectivity index (χ4v) is 1.39. The van der Waals surface area contributed by atoms with Gasteiger partial charge in [-0.15, -0.1) is 0 Å². The third-order valence-electron chi connectivity index (χ3n) is 1.79. The summed E-state index contributed by atoms with van der Waals surface area (Å²) in [6, 6.07) is 4.37. The van der Waals surface area contributed by atoms with Crippen LogP contribution in [-0.2, 0) is 4.74 Å². The number of nitrogens with one attached hydrogen (secondary N) is 1. The Morgan fingerprint density at radius 1 is 1.33 bits per heavy atom. The van der Waals surface area contributed by atoms with Gasteiger partial charge in [-0.05, 0) is 24.6 Å². The molecule has 0 aliphatic heterocycles.